The molecule has 0 amide bonds. The van der Waals surface area contributed by atoms with Crippen LogP contribution in [0.1, 0.15) is 104 Å². The smallest absolute Gasteiger partial charge is 0.212 e. The lowest BCUT2D eigenvalue weighted by Gasteiger charge is -2.56. The number of fused-ring (bicyclic) bond motifs is 6. The van der Waals surface area contributed by atoms with Crippen LogP contribution in [-0.2, 0) is 38.9 Å². The number of aromatic nitrogens is 19. The third-order valence-corrected chi connectivity index (χ3v) is 22.0. The van der Waals surface area contributed by atoms with Gasteiger partial charge < -0.3 is 24.2 Å². The van der Waals surface area contributed by atoms with Crippen LogP contribution < -0.4 is 24.2 Å². The predicted molar refractivity (Wildman–Crippen MR) is 423 cm³/mol. The maximum atomic E-state index is 13.3. The fourth-order valence-electron chi connectivity index (χ4n) is 16.4. The number of H-pyrrole nitrogens is 3. The lowest BCUT2D eigenvalue weighted by molar-refractivity contribution is -0.00969. The first-order valence-electron chi connectivity index (χ1n) is 38.3. The normalized spacial score (nSPS) is 19.0. The van der Waals surface area contributed by atoms with Crippen LogP contribution in [0.2, 0.25) is 0 Å². The zero-order valence-corrected chi connectivity index (χ0v) is 64.2. The highest BCUT2D eigenvalue weighted by atomic mass is 19.1. The molecule has 3 N–H and O–H groups in total. The van der Waals surface area contributed by atoms with Gasteiger partial charge in [0.15, 0.2) is 23.3 Å². The largest absolute Gasteiger partial charge is 0.495 e. The van der Waals surface area contributed by atoms with E-state index in [0.717, 1.165) is 178 Å². The van der Waals surface area contributed by atoms with Crippen molar-refractivity contribution >= 4 is 17.5 Å². The first-order chi connectivity index (χ1) is 54.5. The van der Waals surface area contributed by atoms with Gasteiger partial charge in [-0.15, -0.1) is 0 Å². The molecule has 0 aromatic carbocycles. The number of anilines is 3. The molecular weight excluding hydrogens is 1410 g/mol. The van der Waals surface area contributed by atoms with Gasteiger partial charge in [-0.25, -0.2) is 53.9 Å². The lowest BCUT2D eigenvalue weighted by Crippen LogP contribution is -2.68. The Morgan fingerprint density at radius 3 is 1.24 bits per heavy atom. The standard InChI is InChI=1S/C30H30FN9.2C27H30N8O/c1-19-7-24(10-25-9-20(2)36-37-25)35-28(8-19)22-4-6-29(33-13-22)38-17-26-11-27(18-38)39(26)15-21-3-5-30(32-12-21)40-16-23(31)14-34-40;1-17-8-21(10-22-9-18(2)32-33-22)31-27(30-17)19-4-7-26(29-12-19)34-15-23-11-24(16-34)35(23)14-20-5-6-25(36-3)13-28-20;1-17-8-21(10-22-9-18(2)32-33-22)31-27(30-17)20-5-6-25(28-13-20)34-15-23-11-24(16-34)35(23)14-19-4-7-26(36-3)29-12-19/h3-9,12-14,16,26-27H,10-11,15,17-18H2,1-2H3,(H,36,37);2*4-9,12-13,23-24H,10-11,14-16H2,1-3H3,(H,32,33). The number of pyridine rings is 7. The van der Waals surface area contributed by atoms with Crippen molar-refractivity contribution in [3.8, 4) is 51.5 Å². The summed E-state index contributed by atoms with van der Waals surface area (Å²) in [6.07, 6.45) is 19.5. The van der Waals surface area contributed by atoms with Crippen LogP contribution in [-0.4, -0.2) is 200 Å². The highest BCUT2D eigenvalue weighted by Crippen LogP contribution is 2.39. The molecule has 9 aliphatic heterocycles. The summed E-state index contributed by atoms with van der Waals surface area (Å²) >= 11 is 0. The molecule has 112 heavy (non-hydrogen) atoms. The molecule has 13 aromatic rings. The number of halogens is 1. The molecule has 0 saturated carbocycles. The summed E-state index contributed by atoms with van der Waals surface area (Å²) in [5.41, 5.74) is 19.3. The number of hydrogen-bond acceptors (Lipinski definition) is 23. The third-order valence-electron chi connectivity index (χ3n) is 22.0. The summed E-state index contributed by atoms with van der Waals surface area (Å²) in [7, 11) is 3.31. The van der Waals surface area contributed by atoms with Gasteiger partial charge in [-0.05, 0) is 175 Å². The quantitative estimate of drug-likeness (QED) is 0.0602. The molecule has 6 bridgehead atoms. The van der Waals surface area contributed by atoms with Gasteiger partial charge >= 0.3 is 0 Å². The van der Waals surface area contributed by atoms with Gasteiger partial charge in [-0.1, -0.05) is 12.1 Å². The second kappa shape index (κ2) is 31.7. The summed E-state index contributed by atoms with van der Waals surface area (Å²) in [4.78, 5) is 66.5. The minimum atomic E-state index is -0.370. The van der Waals surface area contributed by atoms with Gasteiger partial charge in [0.25, 0.3) is 0 Å². The van der Waals surface area contributed by atoms with Gasteiger partial charge in [-0.2, -0.15) is 20.4 Å². The molecular formula is C84H90FN25O2. The molecule has 28 heteroatoms. The highest BCUT2D eigenvalue weighted by Gasteiger charge is 2.47. The zero-order chi connectivity index (χ0) is 76.5. The van der Waals surface area contributed by atoms with E-state index in [1.54, 1.807) is 20.4 Å². The van der Waals surface area contributed by atoms with Crippen molar-refractivity contribution in [3.63, 3.8) is 0 Å². The first kappa shape index (κ1) is 72.7. The van der Waals surface area contributed by atoms with Gasteiger partial charge in [0.2, 0.25) is 5.88 Å². The van der Waals surface area contributed by atoms with Gasteiger partial charge in [-0.3, -0.25) is 40.0 Å². The van der Waals surface area contributed by atoms with Crippen molar-refractivity contribution in [2.45, 2.75) is 136 Å². The molecule has 9 aliphatic rings. The molecule has 6 unspecified atom stereocenters. The van der Waals surface area contributed by atoms with Crippen LogP contribution in [0, 0.1) is 47.4 Å². The number of nitrogens with zero attached hydrogens (tertiary/aromatic N) is 22. The number of methoxy groups -OCH3 is 2. The number of rotatable bonds is 21. The molecule has 27 nitrogen and oxygen atoms in total. The Bertz CT molecular complexity index is 5160. The monoisotopic (exact) mass is 1500 g/mol. The van der Waals surface area contributed by atoms with Crippen molar-refractivity contribution in [2.75, 3.05) is 68.2 Å². The average molecular weight is 1500 g/mol. The maximum Gasteiger partial charge on any atom is 0.212 e. The van der Waals surface area contributed by atoms with Gasteiger partial charge in [0.1, 0.15) is 23.2 Å². The van der Waals surface area contributed by atoms with Crippen LogP contribution in [0.5, 0.6) is 11.6 Å². The molecule has 0 spiro atoms. The van der Waals surface area contributed by atoms with Crippen molar-refractivity contribution < 1.29 is 13.9 Å². The Kier molecular flexibility index (Phi) is 20.6. The van der Waals surface area contributed by atoms with Crippen molar-refractivity contribution in [1.29, 1.82) is 0 Å². The summed E-state index contributed by atoms with van der Waals surface area (Å²) in [5.74, 6) is 6.14. The minimum Gasteiger partial charge on any atom is -0.495 e. The zero-order valence-electron chi connectivity index (χ0n) is 64.2. The predicted octanol–water partition coefficient (Wildman–Crippen LogP) is 10.9. The topological polar surface area (TPSA) is 284 Å². The number of nitrogens with one attached hydrogen (secondary N) is 3. The number of hydrogen-bond donors (Lipinski definition) is 3. The number of aryl methyl sites for hydroxylation is 6. The molecule has 9 saturated heterocycles. The summed E-state index contributed by atoms with van der Waals surface area (Å²) in [6, 6.07) is 42.2. The molecule has 0 radical (unpaired) electrons. The van der Waals surface area contributed by atoms with E-state index in [4.69, 9.17) is 39.4 Å². The number of piperazine rings is 3. The fourth-order valence-corrected chi connectivity index (χ4v) is 16.4. The Balaban J connectivity index is 0.000000122. The molecule has 570 valence electrons. The van der Waals surface area contributed by atoms with Crippen LogP contribution in [0.3, 0.4) is 0 Å². The summed E-state index contributed by atoms with van der Waals surface area (Å²) in [6.45, 7) is 20.6. The molecule has 6 atom stereocenters. The first-order valence-corrected chi connectivity index (χ1v) is 38.3. The Hall–Kier alpha value is -12.1. The number of aromatic amines is 3. The van der Waals surface area contributed by atoms with Crippen LogP contribution in [0.25, 0.3) is 39.9 Å². The van der Waals surface area contributed by atoms with E-state index in [1.807, 2.05) is 108 Å². The molecule has 9 fully saturated rings. The molecule has 22 rings (SSSR count). The second-order valence-electron chi connectivity index (χ2n) is 30.4. The van der Waals surface area contributed by atoms with E-state index in [1.165, 1.54) is 47.5 Å². The SMILES string of the molecule is COc1ccc(CN2C3CC2CN(c2ccc(-c4nc(C)cc(Cc5cc(C)[nH]n5)n4)cn2)C3)cn1.COc1ccc(CN2C3CC2CN(c2ccc(-c4nc(C)cc(Cc5cc(C)[nH]n5)n4)cn2)C3)nc1.Cc1cc(Cc2cc(C)[nH]n2)nc(-c2ccc(N3CC4CC(C3)N4Cc3ccc(-n4cc(F)cn4)nc3)nc2)c1. The highest BCUT2D eigenvalue weighted by molar-refractivity contribution is 5.62. The number of ether oxygens (including phenoxy) is 2. The fraction of sp³-hybridized carbons (Fsp3) is 0.345. The Morgan fingerprint density at radius 2 is 0.848 bits per heavy atom. The second-order valence-corrected chi connectivity index (χ2v) is 30.4. The Morgan fingerprint density at radius 1 is 0.393 bits per heavy atom. The van der Waals surface area contributed by atoms with E-state index in [9.17, 15) is 4.39 Å². The summed E-state index contributed by atoms with van der Waals surface area (Å²) < 4.78 is 25.1. The van der Waals surface area contributed by atoms with E-state index in [0.29, 0.717) is 78.9 Å². The average Bonchev–Trinajstić information content (AvgIpc) is 0.978. The van der Waals surface area contributed by atoms with Crippen LogP contribution in [0.15, 0.2) is 165 Å². The number of piperidine rings is 3. The van der Waals surface area contributed by atoms with Crippen molar-refractivity contribution in [2.24, 2.45) is 0 Å². The van der Waals surface area contributed by atoms with E-state index in [2.05, 4.69) is 170 Å². The molecule has 0 aliphatic carbocycles. The van der Waals surface area contributed by atoms with Crippen molar-refractivity contribution in [1.82, 2.24) is 110 Å². The molecule has 22 heterocycles. The van der Waals surface area contributed by atoms with Gasteiger partial charge in [0, 0.05) is 202 Å². The minimum absolute atomic E-state index is 0.370. The third kappa shape index (κ3) is 16.5. The molecule has 13 aromatic heterocycles. The van der Waals surface area contributed by atoms with Crippen molar-refractivity contribution in [3.05, 3.63) is 256 Å². The van der Waals surface area contributed by atoms with Crippen LogP contribution >= 0.6 is 0 Å². The van der Waals surface area contributed by atoms with Gasteiger partial charge in [0.05, 0.1) is 72.7 Å². The maximum absolute atomic E-state index is 13.3. The van der Waals surface area contributed by atoms with E-state index in [-0.39, 0.29) is 5.82 Å². The van der Waals surface area contributed by atoms with Crippen LogP contribution in [0.4, 0.5) is 21.8 Å². The lowest BCUT2D eigenvalue weighted by atomic mass is 9.87. The van der Waals surface area contributed by atoms with E-state index >= 15 is 0 Å². The van der Waals surface area contributed by atoms with E-state index < -0.39 is 0 Å². The Labute approximate surface area is 649 Å². The summed E-state index contributed by atoms with van der Waals surface area (Å²) in [5, 5.41) is 26.0.